The fourth-order valence-electron chi connectivity index (χ4n) is 7.09. The van der Waals surface area contributed by atoms with Gasteiger partial charge in [0.15, 0.2) is 0 Å². The van der Waals surface area contributed by atoms with Crippen LogP contribution in [0.2, 0.25) is 0 Å². The molecule has 0 unspecified atom stereocenters. The molecule has 8 rings (SSSR count). The van der Waals surface area contributed by atoms with Crippen molar-refractivity contribution >= 4 is 41.6 Å². The molecular weight excluding hydrogens is 1100 g/mol. The van der Waals surface area contributed by atoms with Crippen LogP contribution in [0.3, 0.4) is 0 Å². The van der Waals surface area contributed by atoms with Gasteiger partial charge in [-0.1, -0.05) is 50.7 Å². The number of nitrogens with two attached hydrogens (primary N) is 1. The smallest absolute Gasteiger partial charge is 0.416 e. The van der Waals surface area contributed by atoms with Crippen molar-refractivity contribution < 1.29 is 71.7 Å². The van der Waals surface area contributed by atoms with E-state index >= 15 is 0 Å². The van der Waals surface area contributed by atoms with E-state index in [9.17, 15) is 52.8 Å². The van der Waals surface area contributed by atoms with Crippen molar-refractivity contribution in [1.82, 2.24) is 34.1 Å². The highest BCUT2D eigenvalue weighted by molar-refractivity contribution is 8.13. The van der Waals surface area contributed by atoms with E-state index in [0.717, 1.165) is 35.4 Å². The Bertz CT molecular complexity index is 3260. The van der Waals surface area contributed by atoms with Crippen LogP contribution in [-0.2, 0) is 74.7 Å². The van der Waals surface area contributed by atoms with Gasteiger partial charge in [-0.3, -0.25) is 9.59 Å². The fourth-order valence-corrected chi connectivity index (χ4v) is 8.07. The molecule has 2 amide bonds. The third kappa shape index (κ3) is 16.3. The summed E-state index contributed by atoms with van der Waals surface area (Å²) in [5.41, 5.74) is 7.21. The molecule has 2 fully saturated rings. The monoisotopic (exact) mass is 1160 g/mol. The van der Waals surface area contributed by atoms with Gasteiger partial charge in [0.1, 0.15) is 30.1 Å². The number of benzene rings is 4. The highest BCUT2D eigenvalue weighted by Gasteiger charge is 2.43. The molecule has 78 heavy (non-hydrogen) atoms. The highest BCUT2D eigenvalue weighted by Crippen LogP contribution is 2.37. The molecular formula is C51H59ClF6N8O10S2. The number of aromatic nitrogens is 4. The maximum atomic E-state index is 12.9. The Balaban J connectivity index is 0.000000259. The van der Waals surface area contributed by atoms with Crippen molar-refractivity contribution in [2.75, 3.05) is 66.1 Å². The molecule has 27 heteroatoms. The molecule has 0 saturated carbocycles. The number of rotatable bonds is 16. The summed E-state index contributed by atoms with van der Waals surface area (Å²) in [6, 6.07) is 26.4. The number of alkyl halides is 6. The number of likely N-dealkylation sites (N-methyl/N-ethyl adjacent to an activating group) is 2. The Hall–Kier alpha value is -6.55. The van der Waals surface area contributed by atoms with Gasteiger partial charge in [-0.05, 0) is 78.7 Å². The molecule has 4 heterocycles. The van der Waals surface area contributed by atoms with E-state index in [0.29, 0.717) is 35.7 Å². The molecule has 3 N–H and O–H groups in total. The number of halogens is 7. The predicted octanol–water partition coefficient (Wildman–Crippen LogP) is 8.46. The van der Waals surface area contributed by atoms with Crippen LogP contribution >= 0.6 is 10.7 Å². The molecule has 0 aliphatic carbocycles. The molecule has 0 radical (unpaired) electrons. The quantitative estimate of drug-likeness (QED) is 0.0687. The van der Waals surface area contributed by atoms with Crippen LogP contribution in [0, 0.1) is 0 Å². The second-order valence-electron chi connectivity index (χ2n) is 18.1. The summed E-state index contributed by atoms with van der Waals surface area (Å²) in [7, 11) is 4.40. The number of nitrogens with one attached hydrogen (secondary N) is 1. The van der Waals surface area contributed by atoms with Crippen molar-refractivity contribution in [2.45, 2.75) is 57.8 Å². The topological polar surface area (TPSA) is 220 Å². The zero-order valence-corrected chi connectivity index (χ0v) is 44.7. The fraction of sp³-hybridized carbons (Fsp3) is 0.373. The number of nitrogens with zero attached hydrogens (tertiary/aromatic N) is 6. The first kappa shape index (κ1) is 62.3. The first-order valence-corrected chi connectivity index (χ1v) is 27.4. The van der Waals surface area contributed by atoms with E-state index in [2.05, 4.69) is 25.6 Å². The van der Waals surface area contributed by atoms with Crippen molar-refractivity contribution in [3.63, 3.8) is 0 Å². The summed E-state index contributed by atoms with van der Waals surface area (Å²) in [5, 5.41) is 9.02. The molecule has 0 atom stereocenters. The highest BCUT2D eigenvalue weighted by atomic mass is 35.7. The number of carbonyl (C=O) groups is 2. The molecule has 4 aromatic carbocycles. The normalized spacial score (nSPS) is 14.6. The van der Waals surface area contributed by atoms with Crippen LogP contribution in [0.25, 0.3) is 22.5 Å². The first-order chi connectivity index (χ1) is 35.9. The maximum Gasteiger partial charge on any atom is 0.416 e. The van der Waals surface area contributed by atoms with E-state index in [1.54, 1.807) is 71.5 Å². The molecule has 0 bridgehead atoms. The SMILES string of the molecule is C.CCS(=O)(=O)Cl.CCS(=O)(=O)NC1(c2cccc(-c3cc(Oc4ccc(C(F)(F)F)cc4)n(CC(=O)N(C)C)n3)c2)COC1.CN(C)C(=O)Cn1nc(-c2cccc(C3(N)COC3)c2)cc1Oc1ccc(C(F)(F)F)cc1. The number of carbonyl (C=O) groups excluding carboxylic acids is 2. The minimum Gasteiger partial charge on any atom is -0.439 e. The van der Waals surface area contributed by atoms with Gasteiger partial charge in [-0.2, -0.15) is 41.3 Å². The third-order valence-corrected chi connectivity index (χ3v) is 14.6. The lowest BCUT2D eigenvalue weighted by Gasteiger charge is -2.42. The Labute approximate surface area is 452 Å². The van der Waals surface area contributed by atoms with E-state index in [4.69, 9.17) is 24.7 Å². The molecule has 2 aliphatic heterocycles. The Morgan fingerprint density at radius 3 is 1.36 bits per heavy atom. The van der Waals surface area contributed by atoms with Crippen molar-refractivity contribution in [1.29, 1.82) is 0 Å². The third-order valence-electron chi connectivity index (χ3n) is 11.8. The summed E-state index contributed by atoms with van der Waals surface area (Å²) in [6.07, 6.45) is -8.92. The molecule has 2 saturated heterocycles. The van der Waals surface area contributed by atoms with Gasteiger partial charge in [0.25, 0.3) is 0 Å². The lowest BCUT2D eigenvalue weighted by Crippen LogP contribution is -2.59. The van der Waals surface area contributed by atoms with Crippen LogP contribution < -0.4 is 19.9 Å². The molecule has 18 nitrogen and oxygen atoms in total. The second kappa shape index (κ2) is 25.1. The minimum atomic E-state index is -4.48. The summed E-state index contributed by atoms with van der Waals surface area (Å²) < 4.78 is 149. The first-order valence-electron chi connectivity index (χ1n) is 23.3. The average molecular weight is 1160 g/mol. The van der Waals surface area contributed by atoms with E-state index in [-0.39, 0.29) is 80.3 Å². The molecule has 0 spiro atoms. The Kier molecular flexibility index (Phi) is 20.0. The molecule has 424 valence electrons. The van der Waals surface area contributed by atoms with Crippen LogP contribution in [0.4, 0.5) is 26.3 Å². The predicted molar refractivity (Wildman–Crippen MR) is 280 cm³/mol. The Morgan fingerprint density at radius 2 is 1.04 bits per heavy atom. The molecule has 6 aromatic rings. The van der Waals surface area contributed by atoms with Gasteiger partial charge in [-0.25, -0.2) is 26.2 Å². The second-order valence-corrected chi connectivity index (χ2v) is 23.2. The standard InChI is InChI=1S/C25H27F3N4O5S.C23H23F3N4O3.C2H5ClO2S.CH4/c1-4-38(34,35)30-24(15-36-16-24)19-7-5-6-17(12-19)21-13-23(32(29-21)14-22(33)31(2)3)37-20-10-8-18(9-11-20)25(26,27)28;1-29(2)20(31)12-30-21(33-18-8-6-16(7-9-18)23(24,25)26)11-19(28-30)15-4-3-5-17(10-15)22(27)13-32-14-22;1-2-6(3,4)5;/h5-13,30H,4,14-16H2,1-3H3;3-11H,12-14,27H2,1-2H3;2H2,1H3;1H4. The van der Waals surface area contributed by atoms with Crippen molar-refractivity contribution in [2.24, 2.45) is 5.73 Å². The lowest BCUT2D eigenvalue weighted by molar-refractivity contribution is -0.138. The van der Waals surface area contributed by atoms with Gasteiger partial charge in [0.2, 0.25) is 42.6 Å². The van der Waals surface area contributed by atoms with Gasteiger partial charge in [0, 0.05) is 62.1 Å². The number of hydrogen-bond acceptors (Lipinski definition) is 13. The number of sulfonamides is 1. The largest absolute Gasteiger partial charge is 0.439 e. The number of amides is 2. The average Bonchev–Trinajstić information content (AvgIpc) is 3.98. The minimum absolute atomic E-state index is 0. The van der Waals surface area contributed by atoms with E-state index in [1.165, 1.54) is 50.4 Å². The maximum absolute atomic E-state index is 12.9. The van der Waals surface area contributed by atoms with E-state index in [1.807, 2.05) is 24.3 Å². The number of ether oxygens (including phenoxy) is 4. The zero-order chi connectivity index (χ0) is 56.7. The van der Waals surface area contributed by atoms with Crippen molar-refractivity contribution in [3.05, 3.63) is 131 Å². The van der Waals surface area contributed by atoms with Gasteiger partial charge in [0.05, 0.1) is 66.0 Å². The summed E-state index contributed by atoms with van der Waals surface area (Å²) >= 11 is 0. The van der Waals surface area contributed by atoms with Gasteiger partial charge >= 0.3 is 12.4 Å². The van der Waals surface area contributed by atoms with Crippen LogP contribution in [0.5, 0.6) is 23.3 Å². The lowest BCUT2D eigenvalue weighted by atomic mass is 9.88. The summed E-state index contributed by atoms with van der Waals surface area (Å²) in [5.74, 6) is 0.130. The van der Waals surface area contributed by atoms with Gasteiger partial charge < -0.3 is 34.5 Å². The van der Waals surface area contributed by atoms with Crippen LogP contribution in [0.1, 0.15) is 43.5 Å². The molecule has 2 aromatic heterocycles. The Morgan fingerprint density at radius 1 is 0.654 bits per heavy atom. The van der Waals surface area contributed by atoms with Crippen LogP contribution in [0.15, 0.2) is 109 Å². The van der Waals surface area contributed by atoms with Crippen molar-refractivity contribution in [3.8, 4) is 45.8 Å². The van der Waals surface area contributed by atoms with Crippen LogP contribution in [-0.4, -0.2) is 124 Å². The summed E-state index contributed by atoms with van der Waals surface area (Å²) in [6.45, 7) is 3.95. The van der Waals surface area contributed by atoms with E-state index < -0.39 is 53.6 Å². The molecule has 2 aliphatic rings. The zero-order valence-electron chi connectivity index (χ0n) is 42.4. The van der Waals surface area contributed by atoms with Gasteiger partial charge in [-0.15, -0.1) is 0 Å². The number of hydrogen-bond donors (Lipinski definition) is 2. The summed E-state index contributed by atoms with van der Waals surface area (Å²) in [4.78, 5) is 27.5.